The zero-order valence-electron chi connectivity index (χ0n) is 20.9. The Balaban J connectivity index is 1.35. The number of benzene rings is 2. The van der Waals surface area contributed by atoms with E-state index in [2.05, 4.69) is 15.6 Å². The molecule has 11 heteroatoms. The van der Waals surface area contributed by atoms with Gasteiger partial charge >= 0.3 is 12.0 Å². The zero-order chi connectivity index (χ0) is 27.3. The Morgan fingerprint density at radius 2 is 1.76 bits per heavy atom. The van der Waals surface area contributed by atoms with E-state index in [-0.39, 0.29) is 35.2 Å². The summed E-state index contributed by atoms with van der Waals surface area (Å²) in [5.74, 6) is -1.10. The molecule has 200 valence electrons. The maximum atomic E-state index is 13.0. The average molecular weight is 556 g/mol. The Morgan fingerprint density at radius 1 is 1.05 bits per heavy atom. The number of carboxylic acid groups (broad SMARTS) is 1. The standard InChI is InChI=1S/C27H29N3O6S2/c1-17-6-11-23(22(14-17)25(33)19-4-2-3-5-19)29-26(34)30-27-28-16-20(37-27)12-13-38(35,36)21-9-7-18(8-10-21)15-24(31)32/h6-11,14,16,19H,2-5,12-13,15H2,1H3,(H,31,32)(H2,28,29,30,34). The molecule has 0 bridgehead atoms. The fourth-order valence-electron chi connectivity index (χ4n) is 4.45. The quantitative estimate of drug-likeness (QED) is 0.295. The summed E-state index contributed by atoms with van der Waals surface area (Å²) in [5.41, 5.74) is 2.41. The summed E-state index contributed by atoms with van der Waals surface area (Å²) in [6.45, 7) is 1.90. The van der Waals surface area contributed by atoms with E-state index < -0.39 is 21.8 Å². The van der Waals surface area contributed by atoms with E-state index in [1.165, 1.54) is 41.8 Å². The van der Waals surface area contributed by atoms with Crippen molar-refractivity contribution in [3.05, 3.63) is 70.2 Å². The molecule has 1 saturated carbocycles. The molecule has 0 radical (unpaired) electrons. The van der Waals surface area contributed by atoms with Crippen LogP contribution in [-0.2, 0) is 27.5 Å². The van der Waals surface area contributed by atoms with Crippen LogP contribution in [0, 0.1) is 12.8 Å². The van der Waals surface area contributed by atoms with Crippen molar-refractivity contribution in [2.24, 2.45) is 5.92 Å². The van der Waals surface area contributed by atoms with Crippen molar-refractivity contribution in [2.75, 3.05) is 16.4 Å². The maximum absolute atomic E-state index is 13.0. The molecule has 9 nitrogen and oxygen atoms in total. The van der Waals surface area contributed by atoms with Crippen LogP contribution in [0.5, 0.6) is 0 Å². The van der Waals surface area contributed by atoms with Crippen molar-refractivity contribution in [1.82, 2.24) is 4.98 Å². The molecule has 1 fully saturated rings. The number of hydrogen-bond donors (Lipinski definition) is 3. The van der Waals surface area contributed by atoms with Gasteiger partial charge in [-0.3, -0.25) is 14.9 Å². The van der Waals surface area contributed by atoms with E-state index in [1.54, 1.807) is 12.1 Å². The SMILES string of the molecule is Cc1ccc(NC(=O)Nc2ncc(CCS(=O)(=O)c3ccc(CC(=O)O)cc3)s2)c(C(=O)C2CCCC2)c1. The van der Waals surface area contributed by atoms with Crippen molar-refractivity contribution in [1.29, 1.82) is 0 Å². The van der Waals surface area contributed by atoms with Gasteiger partial charge < -0.3 is 10.4 Å². The smallest absolute Gasteiger partial charge is 0.325 e. The number of amides is 2. The Hall–Kier alpha value is -3.57. The molecular formula is C27H29N3O6S2. The molecule has 1 heterocycles. The van der Waals surface area contributed by atoms with Crippen LogP contribution in [0.15, 0.2) is 53.6 Å². The number of sulfone groups is 1. The molecule has 3 N–H and O–H groups in total. The van der Waals surface area contributed by atoms with Gasteiger partial charge in [-0.2, -0.15) is 0 Å². The Kier molecular flexibility index (Phi) is 8.58. The van der Waals surface area contributed by atoms with E-state index in [1.807, 2.05) is 13.0 Å². The monoisotopic (exact) mass is 555 g/mol. The predicted molar refractivity (Wildman–Crippen MR) is 146 cm³/mol. The Bertz CT molecular complexity index is 1440. The summed E-state index contributed by atoms with van der Waals surface area (Å²) in [5, 5.41) is 14.6. The molecule has 3 aromatic rings. The van der Waals surface area contributed by atoms with Crippen LogP contribution in [0.3, 0.4) is 0 Å². The number of Topliss-reactive ketones (excluding diaryl/α,β-unsaturated/α-hetero) is 1. The second kappa shape index (κ2) is 11.9. The van der Waals surface area contributed by atoms with E-state index in [0.29, 0.717) is 26.8 Å². The van der Waals surface area contributed by atoms with Gasteiger partial charge in [0.2, 0.25) is 0 Å². The van der Waals surface area contributed by atoms with Crippen molar-refractivity contribution < 1.29 is 27.9 Å². The molecule has 0 atom stereocenters. The molecule has 1 aliphatic carbocycles. The number of aromatic nitrogens is 1. The fraction of sp³-hybridized carbons (Fsp3) is 0.333. The van der Waals surface area contributed by atoms with Gasteiger partial charge in [0.25, 0.3) is 0 Å². The minimum Gasteiger partial charge on any atom is -0.481 e. The lowest BCUT2D eigenvalue weighted by Crippen LogP contribution is -2.22. The van der Waals surface area contributed by atoms with Crippen LogP contribution >= 0.6 is 11.3 Å². The minimum absolute atomic E-state index is 0.0131. The molecule has 4 rings (SSSR count). The van der Waals surface area contributed by atoms with Crippen LogP contribution < -0.4 is 10.6 Å². The first kappa shape index (κ1) is 27.5. The topological polar surface area (TPSA) is 143 Å². The van der Waals surface area contributed by atoms with E-state index in [4.69, 9.17) is 5.11 Å². The fourth-order valence-corrected chi connectivity index (χ4v) is 6.66. The van der Waals surface area contributed by atoms with Gasteiger partial charge in [0, 0.05) is 22.6 Å². The maximum Gasteiger partial charge on any atom is 0.325 e. The van der Waals surface area contributed by atoms with Gasteiger partial charge in [0.15, 0.2) is 20.8 Å². The summed E-state index contributed by atoms with van der Waals surface area (Å²) in [6, 6.07) is 10.6. The van der Waals surface area contributed by atoms with E-state index in [9.17, 15) is 22.8 Å². The normalized spacial score (nSPS) is 13.8. The number of rotatable bonds is 10. The predicted octanol–water partition coefficient (Wildman–Crippen LogP) is 5.11. The van der Waals surface area contributed by atoms with Gasteiger partial charge in [-0.1, -0.05) is 36.6 Å². The van der Waals surface area contributed by atoms with E-state index in [0.717, 1.165) is 31.2 Å². The van der Waals surface area contributed by atoms with Crippen molar-refractivity contribution >= 4 is 49.8 Å². The van der Waals surface area contributed by atoms with E-state index >= 15 is 0 Å². The van der Waals surface area contributed by atoms with Crippen molar-refractivity contribution in [2.45, 2.75) is 50.3 Å². The zero-order valence-corrected chi connectivity index (χ0v) is 22.5. The highest BCUT2D eigenvalue weighted by Gasteiger charge is 2.26. The van der Waals surface area contributed by atoms with Crippen molar-refractivity contribution in [3.8, 4) is 0 Å². The third-order valence-electron chi connectivity index (χ3n) is 6.44. The molecule has 0 unspecified atom stereocenters. The second-order valence-corrected chi connectivity index (χ2v) is 12.6. The number of aryl methyl sites for hydroxylation is 2. The van der Waals surface area contributed by atoms with Gasteiger partial charge in [-0.15, -0.1) is 11.3 Å². The first-order valence-electron chi connectivity index (χ1n) is 12.3. The molecule has 1 aromatic heterocycles. The highest BCUT2D eigenvalue weighted by Crippen LogP contribution is 2.31. The molecule has 1 aliphatic rings. The first-order chi connectivity index (χ1) is 18.1. The summed E-state index contributed by atoms with van der Waals surface area (Å²) in [7, 11) is -3.58. The largest absolute Gasteiger partial charge is 0.481 e. The van der Waals surface area contributed by atoms with Crippen LogP contribution in [0.2, 0.25) is 0 Å². The number of thiazole rings is 1. The summed E-state index contributed by atoms with van der Waals surface area (Å²) in [6.07, 6.45) is 5.37. The molecule has 0 spiro atoms. The van der Waals surface area contributed by atoms with Crippen LogP contribution in [-0.4, -0.2) is 42.0 Å². The third-order valence-corrected chi connectivity index (χ3v) is 9.15. The summed E-state index contributed by atoms with van der Waals surface area (Å²) in [4.78, 5) is 41.5. The molecule has 0 saturated heterocycles. The van der Waals surface area contributed by atoms with Gasteiger partial charge in [0.1, 0.15) is 0 Å². The lowest BCUT2D eigenvalue weighted by atomic mass is 9.94. The number of urea groups is 1. The molecule has 0 aliphatic heterocycles. The minimum atomic E-state index is -3.58. The number of nitrogens with one attached hydrogen (secondary N) is 2. The number of carbonyl (C=O) groups is 3. The number of ketones is 1. The van der Waals surface area contributed by atoms with Crippen LogP contribution in [0.4, 0.5) is 15.6 Å². The Labute approximate surface area is 225 Å². The summed E-state index contributed by atoms with van der Waals surface area (Å²) < 4.78 is 25.4. The molecular weight excluding hydrogens is 526 g/mol. The number of nitrogens with zero attached hydrogens (tertiary/aromatic N) is 1. The number of hydrogen-bond acceptors (Lipinski definition) is 7. The van der Waals surface area contributed by atoms with Gasteiger partial charge in [0.05, 0.1) is 22.8 Å². The number of carbonyl (C=O) groups excluding carboxylic acids is 2. The lowest BCUT2D eigenvalue weighted by Gasteiger charge is -2.14. The van der Waals surface area contributed by atoms with Gasteiger partial charge in [-0.25, -0.2) is 18.2 Å². The number of aliphatic carboxylic acids is 1. The number of carboxylic acids is 1. The molecule has 2 aromatic carbocycles. The average Bonchev–Trinajstić information content (AvgIpc) is 3.56. The Morgan fingerprint density at radius 3 is 2.45 bits per heavy atom. The molecule has 2 amide bonds. The third kappa shape index (κ3) is 7.05. The summed E-state index contributed by atoms with van der Waals surface area (Å²) >= 11 is 1.17. The lowest BCUT2D eigenvalue weighted by molar-refractivity contribution is -0.136. The highest BCUT2D eigenvalue weighted by molar-refractivity contribution is 7.91. The first-order valence-corrected chi connectivity index (χ1v) is 14.8. The number of anilines is 2. The highest BCUT2D eigenvalue weighted by atomic mass is 32.2. The van der Waals surface area contributed by atoms with Crippen LogP contribution in [0.1, 0.15) is 52.0 Å². The second-order valence-electron chi connectivity index (χ2n) is 9.39. The van der Waals surface area contributed by atoms with Crippen LogP contribution in [0.25, 0.3) is 0 Å². The van der Waals surface area contributed by atoms with Crippen molar-refractivity contribution in [3.63, 3.8) is 0 Å². The molecule has 38 heavy (non-hydrogen) atoms. The van der Waals surface area contributed by atoms with Gasteiger partial charge in [-0.05, 0) is 56.0 Å².